The first-order valence-electron chi connectivity index (χ1n) is 7.85. The number of benzene rings is 2. The van der Waals surface area contributed by atoms with Crippen molar-refractivity contribution >= 4 is 34.7 Å². The monoisotopic (exact) mass is 401 g/mol. The van der Waals surface area contributed by atoms with Crippen LogP contribution in [0.15, 0.2) is 54.7 Å². The molecule has 1 heterocycles. The average molecular weight is 402 g/mol. The number of amides is 1. The summed E-state index contributed by atoms with van der Waals surface area (Å²) in [4.78, 5) is 32.6. The van der Waals surface area contributed by atoms with E-state index in [9.17, 15) is 25.0 Å². The number of nitrogens with zero attached hydrogens (tertiary/aromatic N) is 4. The lowest BCUT2D eigenvalue weighted by Gasteiger charge is -2.04. The molecule has 0 atom stereocenters. The van der Waals surface area contributed by atoms with Crippen molar-refractivity contribution in [2.24, 2.45) is 0 Å². The Kier molecular flexibility index (Phi) is 5.32. The zero-order chi connectivity index (χ0) is 20.3. The standard InChI is InChI=1S/C17H12ClN5O5/c18-13-3-1-11(2-4-13)10-21-6-5-16(20-21)19-17(24)12-7-14(22(25)26)9-15(8-12)23(27)28/h1-9H,10H2,(H,19,20,24). The van der Waals surface area contributed by atoms with Crippen LogP contribution in [0.5, 0.6) is 0 Å². The summed E-state index contributed by atoms with van der Waals surface area (Å²) in [5, 5.41) is 29.1. The molecule has 28 heavy (non-hydrogen) atoms. The first-order valence-corrected chi connectivity index (χ1v) is 8.23. The van der Waals surface area contributed by atoms with Crippen molar-refractivity contribution in [1.82, 2.24) is 9.78 Å². The maximum Gasteiger partial charge on any atom is 0.277 e. The largest absolute Gasteiger partial charge is 0.305 e. The second-order valence-corrected chi connectivity index (χ2v) is 6.17. The Balaban J connectivity index is 1.76. The Bertz CT molecular complexity index is 1030. The van der Waals surface area contributed by atoms with E-state index in [1.165, 1.54) is 0 Å². The van der Waals surface area contributed by atoms with Gasteiger partial charge in [0, 0.05) is 29.4 Å². The van der Waals surface area contributed by atoms with Crippen molar-refractivity contribution in [2.45, 2.75) is 6.54 Å². The minimum atomic E-state index is -0.801. The van der Waals surface area contributed by atoms with Crippen LogP contribution >= 0.6 is 11.6 Å². The quantitative estimate of drug-likeness (QED) is 0.495. The SMILES string of the molecule is O=C(Nc1ccn(Cc2ccc(Cl)cc2)n1)c1cc([N+](=O)[O-])cc([N+](=O)[O-])c1. The number of carbonyl (C=O) groups is 1. The van der Waals surface area contributed by atoms with E-state index in [1.807, 2.05) is 12.1 Å². The third-order valence-corrected chi connectivity index (χ3v) is 3.98. The van der Waals surface area contributed by atoms with E-state index in [0.29, 0.717) is 11.6 Å². The van der Waals surface area contributed by atoms with Crippen LogP contribution in [-0.2, 0) is 6.54 Å². The van der Waals surface area contributed by atoms with Gasteiger partial charge in [-0.15, -0.1) is 0 Å². The van der Waals surface area contributed by atoms with E-state index >= 15 is 0 Å². The fraction of sp³-hybridized carbons (Fsp3) is 0.0588. The molecule has 1 aromatic heterocycles. The van der Waals surface area contributed by atoms with Crippen LogP contribution in [0.4, 0.5) is 17.2 Å². The third kappa shape index (κ3) is 4.48. The molecule has 11 heteroatoms. The number of halogens is 1. The Labute approximate surface area is 162 Å². The number of non-ortho nitro benzene ring substituents is 2. The average Bonchev–Trinajstić information content (AvgIpc) is 3.10. The van der Waals surface area contributed by atoms with Crippen molar-refractivity contribution in [3.8, 4) is 0 Å². The molecule has 1 amide bonds. The zero-order valence-corrected chi connectivity index (χ0v) is 14.9. The Morgan fingerprint density at radius 3 is 2.21 bits per heavy atom. The molecule has 0 aliphatic carbocycles. The Hall–Kier alpha value is -3.79. The van der Waals surface area contributed by atoms with Gasteiger partial charge in [0.05, 0.1) is 28.0 Å². The van der Waals surface area contributed by atoms with Crippen molar-refractivity contribution in [1.29, 1.82) is 0 Å². The maximum absolute atomic E-state index is 12.3. The van der Waals surface area contributed by atoms with Crippen molar-refractivity contribution in [3.63, 3.8) is 0 Å². The van der Waals surface area contributed by atoms with Crippen molar-refractivity contribution < 1.29 is 14.6 Å². The molecule has 0 aliphatic heterocycles. The minimum absolute atomic E-state index is 0.202. The van der Waals surface area contributed by atoms with Crippen molar-refractivity contribution in [3.05, 3.63) is 91.1 Å². The number of anilines is 1. The van der Waals surface area contributed by atoms with Gasteiger partial charge in [-0.3, -0.25) is 29.7 Å². The van der Waals surface area contributed by atoms with Crippen LogP contribution in [0, 0.1) is 20.2 Å². The van der Waals surface area contributed by atoms with Gasteiger partial charge in [0.2, 0.25) is 0 Å². The van der Waals surface area contributed by atoms with Crippen LogP contribution in [0.25, 0.3) is 0 Å². The highest BCUT2D eigenvalue weighted by atomic mass is 35.5. The predicted molar refractivity (Wildman–Crippen MR) is 100 cm³/mol. The topological polar surface area (TPSA) is 133 Å². The second-order valence-electron chi connectivity index (χ2n) is 5.73. The number of nitrogens with one attached hydrogen (secondary N) is 1. The Morgan fingerprint density at radius 2 is 1.64 bits per heavy atom. The molecule has 142 valence electrons. The molecule has 0 unspecified atom stereocenters. The van der Waals surface area contributed by atoms with Gasteiger partial charge in [0.1, 0.15) is 0 Å². The van der Waals surface area contributed by atoms with Gasteiger partial charge in [-0.2, -0.15) is 5.10 Å². The zero-order valence-electron chi connectivity index (χ0n) is 14.1. The lowest BCUT2D eigenvalue weighted by Crippen LogP contribution is -2.13. The van der Waals surface area contributed by atoms with Crippen LogP contribution in [0.2, 0.25) is 5.02 Å². The predicted octanol–water partition coefficient (Wildman–Crippen LogP) is 3.65. The van der Waals surface area contributed by atoms with Crippen LogP contribution < -0.4 is 5.32 Å². The molecule has 3 rings (SSSR count). The maximum atomic E-state index is 12.3. The summed E-state index contributed by atoms with van der Waals surface area (Å²) in [6.45, 7) is 0.440. The lowest BCUT2D eigenvalue weighted by molar-refractivity contribution is -0.394. The lowest BCUT2D eigenvalue weighted by atomic mass is 10.1. The highest BCUT2D eigenvalue weighted by Crippen LogP contribution is 2.23. The molecule has 0 saturated carbocycles. The molecule has 10 nitrogen and oxygen atoms in total. The molecular weight excluding hydrogens is 390 g/mol. The van der Waals surface area contributed by atoms with Gasteiger partial charge in [-0.25, -0.2) is 0 Å². The van der Waals surface area contributed by atoms with Crippen LogP contribution in [0.3, 0.4) is 0 Å². The number of rotatable bonds is 6. The van der Waals surface area contributed by atoms with Gasteiger partial charge in [0.25, 0.3) is 17.3 Å². The van der Waals surface area contributed by atoms with E-state index < -0.39 is 27.1 Å². The molecule has 0 saturated heterocycles. The number of hydrogen-bond acceptors (Lipinski definition) is 6. The molecule has 0 radical (unpaired) electrons. The Morgan fingerprint density at radius 1 is 1.04 bits per heavy atom. The number of carbonyl (C=O) groups excluding carboxylic acids is 1. The fourth-order valence-corrected chi connectivity index (χ4v) is 2.54. The van der Waals surface area contributed by atoms with E-state index in [-0.39, 0.29) is 11.4 Å². The number of hydrogen-bond donors (Lipinski definition) is 1. The summed E-state index contributed by atoms with van der Waals surface area (Å²) < 4.78 is 1.58. The number of aromatic nitrogens is 2. The number of nitro benzene ring substituents is 2. The summed E-state index contributed by atoms with van der Waals surface area (Å²) in [5.74, 6) is -0.545. The van der Waals surface area contributed by atoms with E-state index in [1.54, 1.807) is 29.1 Å². The summed E-state index contributed by atoms with van der Waals surface area (Å²) in [5.41, 5.74) is -0.368. The first-order chi connectivity index (χ1) is 13.3. The van der Waals surface area contributed by atoms with E-state index in [4.69, 9.17) is 11.6 Å². The van der Waals surface area contributed by atoms with Gasteiger partial charge in [-0.1, -0.05) is 23.7 Å². The molecule has 1 N–H and O–H groups in total. The molecule has 0 spiro atoms. The normalized spacial score (nSPS) is 10.5. The highest BCUT2D eigenvalue weighted by molar-refractivity contribution is 6.30. The number of nitro groups is 2. The molecule has 0 fully saturated rings. The summed E-state index contributed by atoms with van der Waals surface area (Å²) in [7, 11) is 0. The first kappa shape index (κ1) is 19.0. The van der Waals surface area contributed by atoms with E-state index in [0.717, 1.165) is 23.8 Å². The summed E-state index contributed by atoms with van der Waals surface area (Å²) >= 11 is 5.84. The van der Waals surface area contributed by atoms with Gasteiger partial charge in [0.15, 0.2) is 5.82 Å². The minimum Gasteiger partial charge on any atom is -0.305 e. The van der Waals surface area contributed by atoms with Crippen LogP contribution in [0.1, 0.15) is 15.9 Å². The van der Waals surface area contributed by atoms with E-state index in [2.05, 4.69) is 10.4 Å². The van der Waals surface area contributed by atoms with Gasteiger partial charge in [-0.05, 0) is 17.7 Å². The molecular formula is C17H12ClN5O5. The third-order valence-electron chi connectivity index (χ3n) is 3.73. The van der Waals surface area contributed by atoms with Gasteiger partial charge < -0.3 is 5.32 Å². The molecule has 0 aliphatic rings. The van der Waals surface area contributed by atoms with Gasteiger partial charge >= 0.3 is 0 Å². The molecule has 2 aromatic carbocycles. The molecule has 3 aromatic rings. The molecule has 0 bridgehead atoms. The second kappa shape index (κ2) is 7.84. The summed E-state index contributed by atoms with van der Waals surface area (Å²) in [6, 6.07) is 11.4. The highest BCUT2D eigenvalue weighted by Gasteiger charge is 2.20. The smallest absolute Gasteiger partial charge is 0.277 e. The van der Waals surface area contributed by atoms with Crippen LogP contribution in [-0.4, -0.2) is 25.5 Å². The fourth-order valence-electron chi connectivity index (χ4n) is 2.42. The summed E-state index contributed by atoms with van der Waals surface area (Å²) in [6.07, 6.45) is 1.64. The van der Waals surface area contributed by atoms with Crippen molar-refractivity contribution in [2.75, 3.05) is 5.32 Å².